The Balaban J connectivity index is 0.000000522. The van der Waals surface area contributed by atoms with E-state index in [-0.39, 0.29) is 0 Å². The number of nitrogens with two attached hydrogens (primary N) is 2. The van der Waals surface area contributed by atoms with Gasteiger partial charge < -0.3 is 30.1 Å². The van der Waals surface area contributed by atoms with Crippen LogP contribution in [0.3, 0.4) is 0 Å². The molecule has 30 heavy (non-hydrogen) atoms. The second kappa shape index (κ2) is 15.8. The lowest BCUT2D eigenvalue weighted by molar-refractivity contribution is 0.317. The highest BCUT2D eigenvalue weighted by molar-refractivity contribution is 5.63. The number of hydrogen-bond acceptors (Lipinski definition) is 7. The van der Waals surface area contributed by atoms with Gasteiger partial charge in [0.1, 0.15) is 11.5 Å². The van der Waals surface area contributed by atoms with Crippen molar-refractivity contribution in [3.8, 4) is 23.0 Å². The number of aryl methyl sites for hydroxylation is 1. The fraction of sp³-hybridized carbons (Fsp3) is 0.391. The van der Waals surface area contributed by atoms with Crippen molar-refractivity contribution in [2.45, 2.75) is 34.1 Å². The van der Waals surface area contributed by atoms with E-state index in [1.165, 1.54) is 6.20 Å². The molecule has 0 saturated carbocycles. The van der Waals surface area contributed by atoms with Crippen molar-refractivity contribution in [2.24, 2.45) is 11.6 Å². The third-order valence-electron chi connectivity index (χ3n) is 3.83. The number of hydrogen-bond donors (Lipinski definition) is 3. The van der Waals surface area contributed by atoms with Crippen molar-refractivity contribution in [3.05, 3.63) is 53.7 Å². The van der Waals surface area contributed by atoms with Gasteiger partial charge in [0.25, 0.3) is 0 Å². The summed E-state index contributed by atoms with van der Waals surface area (Å²) in [5.74, 6) is 8.38. The summed E-state index contributed by atoms with van der Waals surface area (Å²) in [7, 11) is 4.86. The Kier molecular flexibility index (Phi) is 14.2. The Morgan fingerprint density at radius 1 is 0.967 bits per heavy atom. The lowest BCUT2D eigenvalue weighted by Crippen LogP contribution is -2.20. The van der Waals surface area contributed by atoms with Gasteiger partial charge in [-0.1, -0.05) is 20.8 Å². The summed E-state index contributed by atoms with van der Waals surface area (Å²) in [6.07, 6.45) is 2.43. The van der Waals surface area contributed by atoms with E-state index >= 15 is 0 Å². The zero-order chi connectivity index (χ0) is 22.9. The molecule has 0 aliphatic rings. The topological polar surface area (TPSA) is 101 Å². The van der Waals surface area contributed by atoms with E-state index in [1.807, 2.05) is 51.1 Å². The lowest BCUT2D eigenvalue weighted by Gasteiger charge is -2.11. The molecule has 0 unspecified atom stereocenters. The Morgan fingerprint density at radius 2 is 1.60 bits per heavy atom. The van der Waals surface area contributed by atoms with Crippen LogP contribution in [0.2, 0.25) is 0 Å². The number of rotatable bonds is 8. The molecular formula is C23H37N3O4. The average Bonchev–Trinajstić information content (AvgIpc) is 2.80. The van der Waals surface area contributed by atoms with Crippen molar-refractivity contribution in [1.29, 1.82) is 0 Å². The summed E-state index contributed by atoms with van der Waals surface area (Å²) in [6.45, 7) is 8.75. The molecule has 0 aliphatic carbocycles. The van der Waals surface area contributed by atoms with Crippen molar-refractivity contribution in [3.63, 3.8) is 0 Å². The van der Waals surface area contributed by atoms with Crippen LogP contribution in [0.4, 0.5) is 0 Å². The molecule has 0 bridgehead atoms. The molecule has 168 valence electrons. The van der Waals surface area contributed by atoms with Gasteiger partial charge in [0.2, 0.25) is 0 Å². The fourth-order valence-corrected chi connectivity index (χ4v) is 2.42. The van der Waals surface area contributed by atoms with Crippen LogP contribution in [-0.4, -0.2) is 27.9 Å². The summed E-state index contributed by atoms with van der Waals surface area (Å²) < 4.78 is 20.9. The third kappa shape index (κ3) is 8.53. The Morgan fingerprint density at radius 3 is 2.03 bits per heavy atom. The van der Waals surface area contributed by atoms with Gasteiger partial charge in [-0.25, -0.2) is 0 Å². The molecule has 0 saturated heterocycles. The number of benzene rings is 2. The molecule has 0 amide bonds. The van der Waals surface area contributed by atoms with E-state index in [4.69, 9.17) is 30.5 Å². The largest absolute Gasteiger partial charge is 0.497 e. The second-order valence-corrected chi connectivity index (χ2v) is 5.78. The van der Waals surface area contributed by atoms with Crippen LogP contribution < -0.4 is 35.9 Å². The van der Waals surface area contributed by atoms with Gasteiger partial charge >= 0.3 is 0 Å². The minimum atomic E-state index is 0.692. The minimum absolute atomic E-state index is 0.692. The molecule has 2 aromatic rings. The summed E-state index contributed by atoms with van der Waals surface area (Å²) >= 11 is 0. The van der Waals surface area contributed by atoms with Crippen LogP contribution in [0, 0.1) is 6.92 Å². The van der Waals surface area contributed by atoms with Crippen molar-refractivity contribution >= 4 is 5.70 Å². The van der Waals surface area contributed by atoms with E-state index < -0.39 is 0 Å². The summed E-state index contributed by atoms with van der Waals surface area (Å²) in [5, 5.41) is 0. The monoisotopic (exact) mass is 419 g/mol. The first-order chi connectivity index (χ1) is 14.5. The molecule has 7 heteroatoms. The summed E-state index contributed by atoms with van der Waals surface area (Å²) in [5.41, 5.74) is 10.5. The van der Waals surface area contributed by atoms with Gasteiger partial charge in [0.05, 0.1) is 33.6 Å². The average molecular weight is 420 g/mol. The van der Waals surface area contributed by atoms with E-state index in [9.17, 15) is 0 Å². The fourth-order valence-electron chi connectivity index (χ4n) is 2.42. The lowest BCUT2D eigenvalue weighted by atomic mass is 10.1. The smallest absolute Gasteiger partial charge is 0.164 e. The highest BCUT2D eigenvalue weighted by Crippen LogP contribution is 2.34. The molecule has 0 aromatic heterocycles. The Bertz CT molecular complexity index is 747. The first-order valence-corrected chi connectivity index (χ1v) is 9.92. The number of hydrazine groups is 1. The van der Waals surface area contributed by atoms with Crippen LogP contribution in [0.25, 0.3) is 5.70 Å². The molecule has 0 radical (unpaired) electrons. The minimum Gasteiger partial charge on any atom is -0.497 e. The van der Waals surface area contributed by atoms with Crippen LogP contribution >= 0.6 is 0 Å². The number of nitrogens with one attached hydrogen (secondary N) is 1. The zero-order valence-corrected chi connectivity index (χ0v) is 19.2. The standard InChI is InChI=1S/C11H17N3O.C10H14O3.C2H6/c1-2-7-15-10-5-3-9(4-6-10)11(8-12)14-13;1-7-5-8(11-2)6-9(12-3)10(7)13-4;1-2/h3-6,8,14H,2,7,12-13H2,1H3;5-6H,1-4H3;1-2H3/b11-8-;;. The Labute approximate surface area is 180 Å². The normalized spacial score (nSPS) is 9.93. The van der Waals surface area contributed by atoms with Gasteiger partial charge in [0.15, 0.2) is 11.5 Å². The van der Waals surface area contributed by atoms with Crippen LogP contribution in [0.5, 0.6) is 23.0 Å². The van der Waals surface area contributed by atoms with Gasteiger partial charge in [-0.3, -0.25) is 5.84 Å². The maximum atomic E-state index is 5.45. The van der Waals surface area contributed by atoms with Crippen LogP contribution in [0.15, 0.2) is 42.6 Å². The predicted octanol–water partition coefficient (Wildman–Crippen LogP) is 4.24. The SMILES string of the molecule is CC.CCCOc1ccc(/C(=C/N)NN)cc1.COc1cc(C)c(OC)c(OC)c1. The van der Waals surface area contributed by atoms with E-state index in [0.717, 1.165) is 41.4 Å². The molecule has 0 aliphatic heterocycles. The molecule has 2 rings (SSSR count). The molecule has 2 aromatic carbocycles. The number of methoxy groups -OCH3 is 3. The number of ether oxygens (including phenoxy) is 4. The van der Waals surface area contributed by atoms with Crippen molar-refractivity contribution in [2.75, 3.05) is 27.9 Å². The van der Waals surface area contributed by atoms with Gasteiger partial charge in [-0.05, 0) is 49.2 Å². The van der Waals surface area contributed by atoms with E-state index in [1.54, 1.807) is 27.4 Å². The van der Waals surface area contributed by atoms with Crippen molar-refractivity contribution < 1.29 is 18.9 Å². The van der Waals surface area contributed by atoms with E-state index in [0.29, 0.717) is 11.4 Å². The van der Waals surface area contributed by atoms with E-state index in [2.05, 4.69) is 12.3 Å². The molecule has 0 fully saturated rings. The maximum absolute atomic E-state index is 5.45. The first kappa shape index (κ1) is 26.9. The van der Waals surface area contributed by atoms with Gasteiger partial charge in [0, 0.05) is 17.8 Å². The van der Waals surface area contributed by atoms with Gasteiger partial charge in [-0.15, -0.1) is 0 Å². The highest BCUT2D eigenvalue weighted by Gasteiger charge is 2.08. The van der Waals surface area contributed by atoms with Crippen LogP contribution in [0.1, 0.15) is 38.3 Å². The maximum Gasteiger partial charge on any atom is 0.164 e. The third-order valence-corrected chi connectivity index (χ3v) is 3.83. The summed E-state index contributed by atoms with van der Waals surface area (Å²) in [4.78, 5) is 0. The molecule has 0 heterocycles. The molecule has 5 N–H and O–H groups in total. The molecule has 7 nitrogen and oxygen atoms in total. The quantitative estimate of drug-likeness (QED) is 0.434. The Hall–Kier alpha value is -3.06. The predicted molar refractivity (Wildman–Crippen MR) is 124 cm³/mol. The van der Waals surface area contributed by atoms with Gasteiger partial charge in [-0.2, -0.15) is 0 Å². The molecule has 0 atom stereocenters. The second-order valence-electron chi connectivity index (χ2n) is 5.78. The van der Waals surface area contributed by atoms with Crippen molar-refractivity contribution in [1.82, 2.24) is 5.43 Å². The first-order valence-electron chi connectivity index (χ1n) is 9.92. The highest BCUT2D eigenvalue weighted by atomic mass is 16.5. The van der Waals surface area contributed by atoms with Crippen LogP contribution in [-0.2, 0) is 0 Å². The molecular weight excluding hydrogens is 382 g/mol. The summed E-state index contributed by atoms with van der Waals surface area (Å²) in [6, 6.07) is 11.3. The molecule has 0 spiro atoms. The zero-order valence-electron chi connectivity index (χ0n) is 19.2.